The molecule has 0 amide bonds. The van der Waals surface area contributed by atoms with Gasteiger partial charge in [-0.1, -0.05) is 0 Å². The lowest BCUT2D eigenvalue weighted by atomic mass is 10.2. The molecule has 0 spiro atoms. The lowest BCUT2D eigenvalue weighted by Gasteiger charge is -2.25. The van der Waals surface area contributed by atoms with Crippen molar-refractivity contribution in [1.29, 1.82) is 0 Å². The molecule has 0 aliphatic carbocycles. The van der Waals surface area contributed by atoms with Gasteiger partial charge in [-0.15, -0.1) is 0 Å². The van der Waals surface area contributed by atoms with Crippen LogP contribution in [0.1, 0.15) is 5.56 Å². The first-order valence-electron chi connectivity index (χ1n) is 4.62. The van der Waals surface area contributed by atoms with Gasteiger partial charge in [0.05, 0.1) is 12.2 Å². The van der Waals surface area contributed by atoms with E-state index < -0.39 is 17.8 Å². The molecule has 1 aromatic rings. The molecule has 1 aliphatic rings. The number of alkyl halides is 3. The summed E-state index contributed by atoms with van der Waals surface area (Å²) in [5.74, 6) is 0.276. The van der Waals surface area contributed by atoms with Gasteiger partial charge in [0.2, 0.25) is 0 Å². The van der Waals surface area contributed by atoms with E-state index in [1.54, 1.807) is 0 Å². The molecule has 1 heterocycles. The second-order valence-electron chi connectivity index (χ2n) is 3.39. The number of ether oxygens (including phenoxy) is 2. The molecule has 1 N–H and O–H groups in total. The van der Waals surface area contributed by atoms with Crippen molar-refractivity contribution in [3.05, 3.63) is 23.8 Å². The topological polar surface area (TPSA) is 38.7 Å². The van der Waals surface area contributed by atoms with Crippen LogP contribution in [0.15, 0.2) is 18.2 Å². The Labute approximate surface area is 89.4 Å². The zero-order valence-corrected chi connectivity index (χ0v) is 8.12. The number of halogens is 3. The molecule has 0 aromatic heterocycles. The molecule has 16 heavy (non-hydrogen) atoms. The van der Waals surface area contributed by atoms with Gasteiger partial charge in [0.15, 0.2) is 17.6 Å². The van der Waals surface area contributed by atoms with E-state index in [9.17, 15) is 13.2 Å². The van der Waals surface area contributed by atoms with E-state index in [1.165, 1.54) is 6.07 Å². The smallest absolute Gasteiger partial charge is 0.416 e. The van der Waals surface area contributed by atoms with Crippen LogP contribution in [0.25, 0.3) is 0 Å². The van der Waals surface area contributed by atoms with E-state index in [0.29, 0.717) is 0 Å². The van der Waals surface area contributed by atoms with Gasteiger partial charge in [-0.25, -0.2) is 0 Å². The molecule has 0 fully saturated rings. The van der Waals surface area contributed by atoms with Gasteiger partial charge in [0.1, 0.15) is 6.61 Å². The summed E-state index contributed by atoms with van der Waals surface area (Å²) in [6.45, 7) is -0.189. The van der Waals surface area contributed by atoms with Gasteiger partial charge in [-0.3, -0.25) is 0 Å². The van der Waals surface area contributed by atoms with Crippen molar-refractivity contribution in [2.24, 2.45) is 0 Å². The van der Waals surface area contributed by atoms with Crippen molar-refractivity contribution in [1.82, 2.24) is 0 Å². The lowest BCUT2D eigenvalue weighted by Crippen LogP contribution is -2.32. The third-order valence-corrected chi connectivity index (χ3v) is 2.19. The van der Waals surface area contributed by atoms with Crippen LogP contribution in [0, 0.1) is 0 Å². The molecule has 0 unspecified atom stereocenters. The van der Waals surface area contributed by atoms with Crippen LogP contribution in [-0.2, 0) is 6.18 Å². The van der Waals surface area contributed by atoms with E-state index in [4.69, 9.17) is 14.6 Å². The Hall–Kier alpha value is -1.43. The van der Waals surface area contributed by atoms with Gasteiger partial charge in [-0.2, -0.15) is 13.2 Å². The Bertz CT molecular complexity index is 389. The third kappa shape index (κ3) is 2.06. The number of hydrogen-bond acceptors (Lipinski definition) is 3. The second kappa shape index (κ2) is 3.86. The SMILES string of the molecule is OC[C@@H]1COc2cc(C(F)(F)F)ccc2O1. The summed E-state index contributed by atoms with van der Waals surface area (Å²) in [6.07, 6.45) is -4.92. The van der Waals surface area contributed by atoms with Crippen LogP contribution in [-0.4, -0.2) is 24.4 Å². The largest absolute Gasteiger partial charge is 0.486 e. The van der Waals surface area contributed by atoms with Crippen LogP contribution in [0.3, 0.4) is 0 Å². The standard InChI is InChI=1S/C10H9F3O3/c11-10(12,13)6-1-2-8-9(3-6)15-5-7(4-14)16-8/h1-3,7,14H,4-5H2/t7-/m1/s1. The molecule has 3 nitrogen and oxygen atoms in total. The number of fused-ring (bicyclic) bond motifs is 1. The van der Waals surface area contributed by atoms with Crippen LogP contribution in [0.5, 0.6) is 11.5 Å². The summed E-state index contributed by atoms with van der Waals surface area (Å²) in [5.41, 5.74) is -0.780. The summed E-state index contributed by atoms with van der Waals surface area (Å²) in [6, 6.07) is 3.00. The molecule has 6 heteroatoms. The number of rotatable bonds is 1. The van der Waals surface area contributed by atoms with Crippen molar-refractivity contribution in [3.63, 3.8) is 0 Å². The minimum Gasteiger partial charge on any atom is -0.486 e. The minimum atomic E-state index is -4.40. The summed E-state index contributed by atoms with van der Waals surface area (Å²) in [7, 11) is 0. The normalized spacial score (nSPS) is 19.6. The van der Waals surface area contributed by atoms with Gasteiger partial charge in [0.25, 0.3) is 0 Å². The Morgan fingerprint density at radius 1 is 1.31 bits per heavy atom. The van der Waals surface area contributed by atoms with Gasteiger partial charge < -0.3 is 14.6 Å². The molecular formula is C10H9F3O3. The van der Waals surface area contributed by atoms with Crippen LogP contribution >= 0.6 is 0 Å². The van der Waals surface area contributed by atoms with E-state index in [1.807, 2.05) is 0 Å². The summed E-state index contributed by atoms with van der Waals surface area (Å²) < 4.78 is 47.4. The summed E-state index contributed by atoms with van der Waals surface area (Å²) in [4.78, 5) is 0. The number of aliphatic hydroxyl groups excluding tert-OH is 1. The first-order valence-corrected chi connectivity index (χ1v) is 4.62. The zero-order chi connectivity index (χ0) is 11.8. The molecule has 1 atom stereocenters. The molecule has 0 saturated heterocycles. The second-order valence-corrected chi connectivity index (χ2v) is 3.39. The van der Waals surface area contributed by atoms with Gasteiger partial charge in [0, 0.05) is 0 Å². The fraction of sp³-hybridized carbons (Fsp3) is 0.400. The molecule has 88 valence electrons. The average Bonchev–Trinajstić information content (AvgIpc) is 2.26. The predicted octanol–water partition coefficient (Wildman–Crippen LogP) is 1.84. The van der Waals surface area contributed by atoms with E-state index in [2.05, 4.69) is 0 Å². The first kappa shape index (κ1) is 11.1. The Kier molecular flexibility index (Phi) is 2.67. The van der Waals surface area contributed by atoms with E-state index in [-0.39, 0.29) is 24.7 Å². The maximum atomic E-state index is 12.4. The summed E-state index contributed by atoms with van der Waals surface area (Å²) in [5, 5.41) is 8.82. The van der Waals surface area contributed by atoms with E-state index in [0.717, 1.165) is 12.1 Å². The molecule has 0 bridgehead atoms. The lowest BCUT2D eigenvalue weighted by molar-refractivity contribution is -0.137. The fourth-order valence-corrected chi connectivity index (χ4v) is 1.38. The molecule has 1 aliphatic heterocycles. The van der Waals surface area contributed by atoms with Crippen LogP contribution in [0.4, 0.5) is 13.2 Å². The van der Waals surface area contributed by atoms with Crippen molar-refractivity contribution in [3.8, 4) is 11.5 Å². The Morgan fingerprint density at radius 3 is 2.69 bits per heavy atom. The van der Waals surface area contributed by atoms with E-state index >= 15 is 0 Å². The number of benzene rings is 1. The highest BCUT2D eigenvalue weighted by atomic mass is 19.4. The zero-order valence-electron chi connectivity index (χ0n) is 8.12. The van der Waals surface area contributed by atoms with Crippen LogP contribution < -0.4 is 9.47 Å². The first-order chi connectivity index (χ1) is 7.50. The highest BCUT2D eigenvalue weighted by molar-refractivity contribution is 5.44. The highest BCUT2D eigenvalue weighted by Crippen LogP contribution is 2.38. The summed E-state index contributed by atoms with van der Waals surface area (Å²) >= 11 is 0. The van der Waals surface area contributed by atoms with Gasteiger partial charge in [-0.05, 0) is 18.2 Å². The third-order valence-electron chi connectivity index (χ3n) is 2.19. The Morgan fingerprint density at radius 2 is 2.06 bits per heavy atom. The molecular weight excluding hydrogens is 225 g/mol. The average molecular weight is 234 g/mol. The maximum Gasteiger partial charge on any atom is 0.416 e. The quantitative estimate of drug-likeness (QED) is 0.805. The Balaban J connectivity index is 2.28. The van der Waals surface area contributed by atoms with Crippen molar-refractivity contribution in [2.45, 2.75) is 12.3 Å². The predicted molar refractivity (Wildman–Crippen MR) is 48.4 cm³/mol. The minimum absolute atomic E-state index is 0.0464. The maximum absolute atomic E-state index is 12.4. The fourth-order valence-electron chi connectivity index (χ4n) is 1.38. The van der Waals surface area contributed by atoms with Crippen LogP contribution in [0.2, 0.25) is 0 Å². The number of hydrogen-bond donors (Lipinski definition) is 1. The molecule has 1 aromatic carbocycles. The van der Waals surface area contributed by atoms with Gasteiger partial charge >= 0.3 is 6.18 Å². The van der Waals surface area contributed by atoms with Crippen molar-refractivity contribution in [2.75, 3.05) is 13.2 Å². The van der Waals surface area contributed by atoms with Crippen molar-refractivity contribution >= 4 is 0 Å². The molecule has 0 radical (unpaired) electrons. The molecule has 0 saturated carbocycles. The highest BCUT2D eigenvalue weighted by Gasteiger charge is 2.32. The number of aliphatic hydroxyl groups is 1. The monoisotopic (exact) mass is 234 g/mol. The molecule has 2 rings (SSSR count). The van der Waals surface area contributed by atoms with Crippen molar-refractivity contribution < 1.29 is 27.8 Å².